The molecule has 0 amide bonds. The van der Waals surface area contributed by atoms with Crippen molar-refractivity contribution in [3.63, 3.8) is 0 Å². The standard InChI is InChI=1S/C17H35N3O2.HI/c1-4-6-12-21-13-7-10-19-17(18-5-2)20(3)11-14-22-15-16-8-9-16;/h16H,4-15H2,1-3H3,(H,18,19);1H. The molecule has 1 saturated carbocycles. The second-order valence-electron chi connectivity index (χ2n) is 5.99. The number of rotatable bonds is 13. The van der Waals surface area contributed by atoms with E-state index in [9.17, 15) is 0 Å². The molecule has 1 N–H and O–H groups in total. The molecule has 1 rings (SSSR count). The van der Waals surface area contributed by atoms with Crippen molar-refractivity contribution in [1.29, 1.82) is 0 Å². The van der Waals surface area contributed by atoms with E-state index in [0.717, 1.165) is 70.8 Å². The molecule has 0 aliphatic heterocycles. The maximum Gasteiger partial charge on any atom is 0.193 e. The first kappa shape index (κ1) is 22.9. The third-order valence-electron chi connectivity index (χ3n) is 3.67. The lowest BCUT2D eigenvalue weighted by Crippen LogP contribution is -2.40. The van der Waals surface area contributed by atoms with Crippen LogP contribution in [0.2, 0.25) is 0 Å². The molecule has 0 spiro atoms. The summed E-state index contributed by atoms with van der Waals surface area (Å²) in [6.07, 6.45) is 6.01. The highest BCUT2D eigenvalue weighted by atomic mass is 127. The van der Waals surface area contributed by atoms with E-state index in [1.54, 1.807) is 0 Å². The van der Waals surface area contributed by atoms with Crippen LogP contribution in [0.15, 0.2) is 4.99 Å². The molecule has 138 valence electrons. The normalized spacial score (nSPS) is 14.5. The van der Waals surface area contributed by atoms with Crippen molar-refractivity contribution in [3.8, 4) is 0 Å². The number of nitrogens with zero attached hydrogens (tertiary/aromatic N) is 2. The van der Waals surface area contributed by atoms with Crippen LogP contribution in [0.3, 0.4) is 0 Å². The molecular formula is C17H36IN3O2. The van der Waals surface area contributed by atoms with Crippen LogP contribution in [-0.4, -0.2) is 64.0 Å². The van der Waals surface area contributed by atoms with Gasteiger partial charge >= 0.3 is 0 Å². The van der Waals surface area contributed by atoms with E-state index in [-0.39, 0.29) is 24.0 Å². The van der Waals surface area contributed by atoms with Crippen molar-refractivity contribution in [2.75, 3.05) is 53.1 Å². The first-order valence-corrected chi connectivity index (χ1v) is 8.92. The molecule has 0 heterocycles. The Morgan fingerprint density at radius 3 is 2.52 bits per heavy atom. The third kappa shape index (κ3) is 12.9. The molecule has 0 saturated heterocycles. The highest BCUT2D eigenvalue weighted by molar-refractivity contribution is 14.0. The van der Waals surface area contributed by atoms with Crippen LogP contribution in [0, 0.1) is 5.92 Å². The van der Waals surface area contributed by atoms with E-state index >= 15 is 0 Å². The number of nitrogens with one attached hydrogen (secondary N) is 1. The van der Waals surface area contributed by atoms with Crippen molar-refractivity contribution in [2.24, 2.45) is 10.9 Å². The number of halogens is 1. The summed E-state index contributed by atoms with van der Waals surface area (Å²) >= 11 is 0. The fourth-order valence-electron chi connectivity index (χ4n) is 2.01. The minimum absolute atomic E-state index is 0. The summed E-state index contributed by atoms with van der Waals surface area (Å²) in [4.78, 5) is 6.80. The third-order valence-corrected chi connectivity index (χ3v) is 3.67. The van der Waals surface area contributed by atoms with E-state index in [1.807, 2.05) is 0 Å². The quantitative estimate of drug-likeness (QED) is 0.207. The minimum Gasteiger partial charge on any atom is -0.381 e. The van der Waals surface area contributed by atoms with Crippen LogP contribution < -0.4 is 5.32 Å². The molecule has 0 unspecified atom stereocenters. The van der Waals surface area contributed by atoms with Gasteiger partial charge in [0.1, 0.15) is 0 Å². The summed E-state index contributed by atoms with van der Waals surface area (Å²) < 4.78 is 11.3. The van der Waals surface area contributed by atoms with Crippen LogP contribution in [0.4, 0.5) is 0 Å². The molecule has 6 heteroatoms. The van der Waals surface area contributed by atoms with Crippen LogP contribution in [-0.2, 0) is 9.47 Å². The molecule has 0 bridgehead atoms. The number of aliphatic imine (C=N–C) groups is 1. The van der Waals surface area contributed by atoms with Gasteiger partial charge in [-0.1, -0.05) is 13.3 Å². The number of likely N-dealkylation sites (N-methyl/N-ethyl adjacent to an activating group) is 1. The SMILES string of the molecule is CCCCOCCCN=C(NCC)N(C)CCOCC1CC1.I. The number of unbranched alkanes of at least 4 members (excludes halogenated alkanes) is 1. The van der Waals surface area contributed by atoms with E-state index < -0.39 is 0 Å². The van der Waals surface area contributed by atoms with Gasteiger partial charge in [0, 0.05) is 46.5 Å². The van der Waals surface area contributed by atoms with Crippen LogP contribution in [0.5, 0.6) is 0 Å². The van der Waals surface area contributed by atoms with Gasteiger partial charge < -0.3 is 19.7 Å². The van der Waals surface area contributed by atoms with E-state index in [2.05, 4.69) is 36.1 Å². The van der Waals surface area contributed by atoms with Gasteiger partial charge in [0.05, 0.1) is 6.61 Å². The Hall–Kier alpha value is -0.0800. The molecule has 0 aromatic heterocycles. The van der Waals surface area contributed by atoms with Gasteiger partial charge in [-0.15, -0.1) is 24.0 Å². The molecule has 1 aliphatic rings. The molecular weight excluding hydrogens is 405 g/mol. The predicted octanol–water partition coefficient (Wildman–Crippen LogP) is 3.14. The summed E-state index contributed by atoms with van der Waals surface area (Å²) in [5.74, 6) is 1.80. The van der Waals surface area contributed by atoms with Crippen molar-refractivity contribution < 1.29 is 9.47 Å². The number of hydrogen-bond donors (Lipinski definition) is 1. The number of ether oxygens (including phenoxy) is 2. The van der Waals surface area contributed by atoms with Crippen molar-refractivity contribution in [1.82, 2.24) is 10.2 Å². The van der Waals surface area contributed by atoms with Gasteiger partial charge in [0.15, 0.2) is 5.96 Å². The van der Waals surface area contributed by atoms with Crippen LogP contribution >= 0.6 is 24.0 Å². The molecule has 5 nitrogen and oxygen atoms in total. The Kier molecular flexibility index (Phi) is 15.4. The summed E-state index contributed by atoms with van der Waals surface area (Å²) in [7, 11) is 2.07. The van der Waals surface area contributed by atoms with Crippen LogP contribution in [0.25, 0.3) is 0 Å². The molecule has 0 radical (unpaired) electrons. The molecule has 0 aromatic rings. The zero-order chi connectivity index (χ0) is 16.0. The summed E-state index contributed by atoms with van der Waals surface area (Å²) in [6, 6.07) is 0. The Labute approximate surface area is 159 Å². The summed E-state index contributed by atoms with van der Waals surface area (Å²) in [6.45, 7) is 10.2. The second-order valence-corrected chi connectivity index (χ2v) is 5.99. The molecule has 1 fully saturated rings. The van der Waals surface area contributed by atoms with Gasteiger partial charge in [-0.2, -0.15) is 0 Å². The van der Waals surface area contributed by atoms with E-state index in [4.69, 9.17) is 9.47 Å². The molecule has 0 atom stereocenters. The Bertz CT molecular complexity index is 300. The molecule has 0 aromatic carbocycles. The fourth-order valence-corrected chi connectivity index (χ4v) is 2.01. The van der Waals surface area contributed by atoms with E-state index in [1.165, 1.54) is 19.3 Å². The average Bonchev–Trinajstić information content (AvgIpc) is 3.33. The first-order chi connectivity index (χ1) is 10.8. The molecule has 23 heavy (non-hydrogen) atoms. The Morgan fingerprint density at radius 2 is 1.87 bits per heavy atom. The van der Waals surface area contributed by atoms with Crippen molar-refractivity contribution in [3.05, 3.63) is 0 Å². The lowest BCUT2D eigenvalue weighted by Gasteiger charge is -2.22. The number of guanidine groups is 1. The van der Waals surface area contributed by atoms with Gasteiger partial charge in [-0.3, -0.25) is 4.99 Å². The summed E-state index contributed by atoms with van der Waals surface area (Å²) in [5.41, 5.74) is 0. The predicted molar refractivity (Wildman–Crippen MR) is 108 cm³/mol. The van der Waals surface area contributed by atoms with Gasteiger partial charge in [0.2, 0.25) is 0 Å². The summed E-state index contributed by atoms with van der Waals surface area (Å²) in [5, 5.41) is 3.34. The van der Waals surface area contributed by atoms with Gasteiger partial charge in [0.25, 0.3) is 0 Å². The average molecular weight is 441 g/mol. The van der Waals surface area contributed by atoms with E-state index in [0.29, 0.717) is 0 Å². The maximum atomic E-state index is 5.69. The zero-order valence-corrected chi connectivity index (χ0v) is 17.5. The van der Waals surface area contributed by atoms with Gasteiger partial charge in [-0.05, 0) is 38.5 Å². The van der Waals surface area contributed by atoms with Crippen molar-refractivity contribution >= 4 is 29.9 Å². The highest BCUT2D eigenvalue weighted by Crippen LogP contribution is 2.28. The monoisotopic (exact) mass is 441 g/mol. The lowest BCUT2D eigenvalue weighted by atomic mass is 10.4. The van der Waals surface area contributed by atoms with Gasteiger partial charge in [-0.25, -0.2) is 0 Å². The maximum absolute atomic E-state index is 5.69. The first-order valence-electron chi connectivity index (χ1n) is 8.92. The Balaban J connectivity index is 0.00000484. The smallest absolute Gasteiger partial charge is 0.193 e. The van der Waals surface area contributed by atoms with Crippen molar-refractivity contribution in [2.45, 2.75) is 46.0 Å². The minimum atomic E-state index is 0. The van der Waals surface area contributed by atoms with Crippen LogP contribution in [0.1, 0.15) is 46.0 Å². The highest BCUT2D eigenvalue weighted by Gasteiger charge is 2.21. The second kappa shape index (κ2) is 15.4. The largest absolute Gasteiger partial charge is 0.381 e. The molecule has 1 aliphatic carbocycles. The number of hydrogen-bond acceptors (Lipinski definition) is 3. The fraction of sp³-hybridized carbons (Fsp3) is 0.941. The Morgan fingerprint density at radius 1 is 1.13 bits per heavy atom. The zero-order valence-electron chi connectivity index (χ0n) is 15.2. The lowest BCUT2D eigenvalue weighted by molar-refractivity contribution is 0.115. The topological polar surface area (TPSA) is 46.1 Å².